The Bertz CT molecular complexity index is 617. The van der Waals surface area contributed by atoms with Gasteiger partial charge in [0.25, 0.3) is 0 Å². The third-order valence-corrected chi connectivity index (χ3v) is 3.65. The van der Waals surface area contributed by atoms with E-state index in [1.54, 1.807) is 16.6 Å². The van der Waals surface area contributed by atoms with Crippen molar-refractivity contribution >= 4 is 11.6 Å². The van der Waals surface area contributed by atoms with Gasteiger partial charge in [0.05, 0.1) is 7.11 Å². The van der Waals surface area contributed by atoms with Crippen LogP contribution in [0, 0.1) is 0 Å². The minimum absolute atomic E-state index is 0.397. The lowest BCUT2D eigenvalue weighted by Crippen LogP contribution is -2.22. The maximum absolute atomic E-state index is 11.7. The molecular formula is C14H18N4O2. The van der Waals surface area contributed by atoms with Crippen molar-refractivity contribution in [3.8, 4) is 0 Å². The van der Waals surface area contributed by atoms with E-state index in [1.807, 2.05) is 6.07 Å². The number of carbonyl (C=O) groups is 1. The van der Waals surface area contributed by atoms with Gasteiger partial charge in [-0.1, -0.05) is 6.07 Å². The lowest BCUT2D eigenvalue weighted by atomic mass is 10.3. The number of hydrogen-bond donors (Lipinski definition) is 0. The summed E-state index contributed by atoms with van der Waals surface area (Å²) in [7, 11) is 1.37. The van der Waals surface area contributed by atoms with Crippen molar-refractivity contribution in [3.05, 3.63) is 29.7 Å². The van der Waals surface area contributed by atoms with Crippen LogP contribution in [0.5, 0.6) is 0 Å². The van der Waals surface area contributed by atoms with Crippen molar-refractivity contribution < 1.29 is 9.53 Å². The second-order valence-electron chi connectivity index (χ2n) is 5.00. The fourth-order valence-corrected chi connectivity index (χ4v) is 2.58. The van der Waals surface area contributed by atoms with E-state index in [0.717, 1.165) is 18.8 Å². The van der Waals surface area contributed by atoms with Crippen LogP contribution in [0.4, 0.5) is 0 Å². The molecule has 2 aromatic rings. The first-order chi connectivity index (χ1) is 9.78. The van der Waals surface area contributed by atoms with Gasteiger partial charge in [-0.3, -0.25) is 0 Å². The van der Waals surface area contributed by atoms with E-state index in [2.05, 4.69) is 15.0 Å². The summed E-state index contributed by atoms with van der Waals surface area (Å²) in [6.07, 6.45) is 3.37. The molecule has 1 fully saturated rings. The molecule has 6 heteroatoms. The Hall–Kier alpha value is -1.95. The highest BCUT2D eigenvalue weighted by molar-refractivity contribution is 5.88. The van der Waals surface area contributed by atoms with Crippen LogP contribution < -0.4 is 0 Å². The lowest BCUT2D eigenvalue weighted by Gasteiger charge is -2.12. The Morgan fingerprint density at radius 3 is 2.90 bits per heavy atom. The summed E-state index contributed by atoms with van der Waals surface area (Å²) >= 11 is 0. The number of carbonyl (C=O) groups excluding carboxylic acids is 1. The number of likely N-dealkylation sites (tertiary alicyclic amines) is 1. The molecule has 0 amide bonds. The van der Waals surface area contributed by atoms with Gasteiger partial charge >= 0.3 is 5.97 Å². The van der Waals surface area contributed by atoms with Gasteiger partial charge in [0.15, 0.2) is 17.2 Å². The number of aromatic nitrogens is 3. The van der Waals surface area contributed by atoms with Crippen LogP contribution in [0.2, 0.25) is 0 Å². The molecule has 0 aromatic carbocycles. The van der Waals surface area contributed by atoms with Crippen molar-refractivity contribution in [2.45, 2.75) is 19.3 Å². The van der Waals surface area contributed by atoms with Crippen molar-refractivity contribution in [3.63, 3.8) is 0 Å². The number of rotatable bonds is 4. The Kier molecular flexibility index (Phi) is 3.64. The van der Waals surface area contributed by atoms with E-state index in [0.29, 0.717) is 11.3 Å². The number of pyridine rings is 1. The van der Waals surface area contributed by atoms with E-state index in [-0.39, 0.29) is 0 Å². The van der Waals surface area contributed by atoms with Gasteiger partial charge in [0.1, 0.15) is 0 Å². The van der Waals surface area contributed by atoms with Crippen molar-refractivity contribution in [2.24, 2.45) is 0 Å². The molecule has 0 radical (unpaired) electrons. The number of hydrogen-bond acceptors (Lipinski definition) is 5. The summed E-state index contributed by atoms with van der Waals surface area (Å²) in [5.41, 5.74) is 1.09. The second kappa shape index (κ2) is 5.58. The third-order valence-electron chi connectivity index (χ3n) is 3.65. The van der Waals surface area contributed by atoms with Gasteiger partial charge in [-0.15, -0.1) is 0 Å². The first-order valence-electron chi connectivity index (χ1n) is 6.93. The SMILES string of the molecule is COC(=O)c1cccc2nc(CCN3CCCC3)nn12. The van der Waals surface area contributed by atoms with Crippen molar-refractivity contribution in [2.75, 3.05) is 26.7 Å². The maximum atomic E-state index is 11.7. The topological polar surface area (TPSA) is 59.7 Å². The molecule has 6 nitrogen and oxygen atoms in total. The molecule has 0 unspecified atom stereocenters. The molecule has 2 aromatic heterocycles. The molecule has 0 N–H and O–H groups in total. The summed E-state index contributed by atoms with van der Waals surface area (Å²) in [4.78, 5) is 18.6. The van der Waals surface area contributed by atoms with Gasteiger partial charge < -0.3 is 9.64 Å². The van der Waals surface area contributed by atoms with Crippen LogP contribution in [-0.4, -0.2) is 52.2 Å². The molecule has 3 rings (SSSR count). The molecule has 0 spiro atoms. The highest BCUT2D eigenvalue weighted by Gasteiger charge is 2.15. The average Bonchev–Trinajstić information content (AvgIpc) is 3.12. The van der Waals surface area contributed by atoms with Crippen molar-refractivity contribution in [1.82, 2.24) is 19.5 Å². The lowest BCUT2D eigenvalue weighted by molar-refractivity contribution is 0.0591. The Morgan fingerprint density at radius 1 is 1.35 bits per heavy atom. The van der Waals surface area contributed by atoms with Crippen LogP contribution in [0.3, 0.4) is 0 Å². The molecule has 1 aliphatic heterocycles. The minimum Gasteiger partial charge on any atom is -0.464 e. The normalized spacial score (nSPS) is 15.8. The van der Waals surface area contributed by atoms with E-state index < -0.39 is 5.97 Å². The summed E-state index contributed by atoms with van der Waals surface area (Å²) < 4.78 is 6.32. The zero-order valence-electron chi connectivity index (χ0n) is 11.6. The molecule has 1 saturated heterocycles. The number of nitrogens with zero attached hydrogens (tertiary/aromatic N) is 4. The fourth-order valence-electron chi connectivity index (χ4n) is 2.58. The van der Waals surface area contributed by atoms with Gasteiger partial charge in [0.2, 0.25) is 0 Å². The number of methoxy groups -OCH3 is 1. The van der Waals surface area contributed by atoms with Gasteiger partial charge in [0, 0.05) is 13.0 Å². The first-order valence-corrected chi connectivity index (χ1v) is 6.93. The van der Waals surface area contributed by atoms with Gasteiger partial charge in [-0.25, -0.2) is 14.3 Å². The third kappa shape index (κ3) is 2.51. The average molecular weight is 274 g/mol. The molecular weight excluding hydrogens is 256 g/mol. The van der Waals surface area contributed by atoms with E-state index in [1.165, 1.54) is 33.0 Å². The minimum atomic E-state index is -0.397. The smallest absolute Gasteiger partial charge is 0.356 e. The summed E-state index contributed by atoms with van der Waals surface area (Å²) in [6, 6.07) is 5.33. The zero-order valence-corrected chi connectivity index (χ0v) is 11.6. The number of ether oxygens (including phenoxy) is 1. The zero-order chi connectivity index (χ0) is 13.9. The molecule has 20 heavy (non-hydrogen) atoms. The number of esters is 1. The fraction of sp³-hybridized carbons (Fsp3) is 0.500. The molecule has 0 bridgehead atoms. The van der Waals surface area contributed by atoms with Crippen LogP contribution in [-0.2, 0) is 11.2 Å². The maximum Gasteiger partial charge on any atom is 0.356 e. The highest BCUT2D eigenvalue weighted by Crippen LogP contribution is 2.10. The van der Waals surface area contributed by atoms with Gasteiger partial charge in [-0.2, -0.15) is 5.10 Å². The summed E-state index contributed by atoms with van der Waals surface area (Å²) in [5.74, 6) is 0.375. The predicted octanol–water partition coefficient (Wildman–Crippen LogP) is 1.15. The molecule has 3 heterocycles. The quantitative estimate of drug-likeness (QED) is 0.783. The van der Waals surface area contributed by atoms with E-state index >= 15 is 0 Å². The van der Waals surface area contributed by atoms with Crippen LogP contribution in [0.25, 0.3) is 5.65 Å². The summed E-state index contributed by atoms with van der Waals surface area (Å²) in [6.45, 7) is 3.31. The predicted molar refractivity (Wildman–Crippen MR) is 73.7 cm³/mol. The van der Waals surface area contributed by atoms with E-state index in [9.17, 15) is 4.79 Å². The largest absolute Gasteiger partial charge is 0.464 e. The molecule has 0 aliphatic carbocycles. The molecule has 1 aliphatic rings. The Morgan fingerprint density at radius 2 is 2.15 bits per heavy atom. The van der Waals surface area contributed by atoms with Crippen molar-refractivity contribution in [1.29, 1.82) is 0 Å². The first kappa shape index (κ1) is 13.1. The monoisotopic (exact) mass is 274 g/mol. The van der Waals surface area contributed by atoms with Crippen LogP contribution in [0.15, 0.2) is 18.2 Å². The Balaban J connectivity index is 1.80. The highest BCUT2D eigenvalue weighted by atomic mass is 16.5. The second-order valence-corrected chi connectivity index (χ2v) is 5.00. The molecule has 0 saturated carbocycles. The van der Waals surface area contributed by atoms with Gasteiger partial charge in [-0.05, 0) is 38.1 Å². The standard InChI is InChI=1S/C14H18N4O2/c1-20-14(19)11-5-4-6-13-15-12(16-18(11)13)7-10-17-8-2-3-9-17/h4-6H,2-3,7-10H2,1H3. The summed E-state index contributed by atoms with van der Waals surface area (Å²) in [5, 5.41) is 4.42. The van der Waals surface area contributed by atoms with E-state index in [4.69, 9.17) is 4.74 Å². The van der Waals surface area contributed by atoms with Crippen LogP contribution >= 0.6 is 0 Å². The number of fused-ring (bicyclic) bond motifs is 1. The van der Waals surface area contributed by atoms with Crippen LogP contribution in [0.1, 0.15) is 29.2 Å². The molecule has 0 atom stereocenters. The Labute approximate surface area is 117 Å². The molecule has 106 valence electrons.